The second-order valence-corrected chi connectivity index (χ2v) is 7.23. The Labute approximate surface area is 168 Å². The Morgan fingerprint density at radius 2 is 1.54 bits per heavy atom. The minimum atomic E-state index is 0.516. The Morgan fingerprint density at radius 3 is 2.23 bits per heavy atom. The van der Waals surface area contributed by atoms with Crippen molar-refractivity contribution >= 4 is 33.1 Å². The van der Waals surface area contributed by atoms with E-state index in [9.17, 15) is 0 Å². The van der Waals surface area contributed by atoms with Gasteiger partial charge in [-0.1, -0.05) is 88.8 Å². The van der Waals surface area contributed by atoms with E-state index in [4.69, 9.17) is 17.0 Å². The number of hydrogen-bond donors (Lipinski definition) is 1. The average molecular weight is 426 g/mol. The van der Waals surface area contributed by atoms with Crippen molar-refractivity contribution in [3.05, 3.63) is 100 Å². The van der Waals surface area contributed by atoms with Gasteiger partial charge in [0.1, 0.15) is 17.3 Å². The fourth-order valence-electron chi connectivity index (χ4n) is 2.60. The molecule has 0 spiro atoms. The van der Waals surface area contributed by atoms with E-state index in [0.717, 1.165) is 34.3 Å². The highest BCUT2D eigenvalue weighted by Gasteiger charge is 2.10. The molecule has 0 saturated heterocycles. The molecular weight excluding hydrogens is 406 g/mol. The molecule has 2 nitrogen and oxygen atoms in total. The molecule has 0 atom stereocenters. The molecule has 132 valence electrons. The second-order valence-electron chi connectivity index (χ2n) is 5.91. The maximum absolute atomic E-state index is 6.02. The summed E-state index contributed by atoms with van der Waals surface area (Å²) in [5.41, 5.74) is 3.32. The van der Waals surface area contributed by atoms with Gasteiger partial charge in [0.15, 0.2) is 0 Å². The number of rotatable bonds is 7. The number of nitrogens with one attached hydrogen (secondary N) is 1. The first-order valence-electron chi connectivity index (χ1n) is 8.51. The molecule has 0 aliphatic rings. The van der Waals surface area contributed by atoms with E-state index < -0.39 is 0 Å². The SMILES string of the molecule is S=C(NCCc1ccccc1)c1cc(Br)ccc1OCc1ccccc1. The van der Waals surface area contributed by atoms with Gasteiger partial charge >= 0.3 is 0 Å². The highest BCUT2D eigenvalue weighted by Crippen LogP contribution is 2.24. The molecule has 0 aromatic heterocycles. The normalized spacial score (nSPS) is 10.3. The molecule has 1 N–H and O–H groups in total. The van der Waals surface area contributed by atoms with Crippen molar-refractivity contribution in [2.45, 2.75) is 13.0 Å². The van der Waals surface area contributed by atoms with Gasteiger partial charge in [-0.2, -0.15) is 0 Å². The molecule has 26 heavy (non-hydrogen) atoms. The van der Waals surface area contributed by atoms with E-state index in [1.807, 2.05) is 42.5 Å². The number of halogens is 1. The third-order valence-corrected chi connectivity index (χ3v) is 4.82. The van der Waals surface area contributed by atoms with Crippen LogP contribution in [0, 0.1) is 0 Å². The van der Waals surface area contributed by atoms with Crippen LogP contribution in [0.5, 0.6) is 5.75 Å². The lowest BCUT2D eigenvalue weighted by Gasteiger charge is -2.14. The average Bonchev–Trinajstić information content (AvgIpc) is 2.68. The van der Waals surface area contributed by atoms with Gasteiger partial charge in [-0.15, -0.1) is 0 Å². The Kier molecular flexibility index (Phi) is 6.81. The molecule has 0 saturated carbocycles. The van der Waals surface area contributed by atoms with E-state index in [0.29, 0.717) is 11.6 Å². The monoisotopic (exact) mass is 425 g/mol. The van der Waals surface area contributed by atoms with Gasteiger partial charge in [0, 0.05) is 11.0 Å². The number of thiocarbonyl (C=S) groups is 1. The Balaban J connectivity index is 1.63. The first-order chi connectivity index (χ1) is 12.7. The molecule has 3 aromatic rings. The summed E-state index contributed by atoms with van der Waals surface area (Å²) in [5.74, 6) is 0.786. The maximum atomic E-state index is 6.02. The molecule has 0 unspecified atom stereocenters. The molecule has 0 bridgehead atoms. The van der Waals surface area contributed by atoms with Gasteiger partial charge in [0.2, 0.25) is 0 Å². The smallest absolute Gasteiger partial charge is 0.130 e. The molecule has 0 fully saturated rings. The van der Waals surface area contributed by atoms with E-state index in [2.05, 4.69) is 57.6 Å². The van der Waals surface area contributed by atoms with Gasteiger partial charge < -0.3 is 10.1 Å². The van der Waals surface area contributed by atoms with Crippen LogP contribution in [-0.2, 0) is 13.0 Å². The van der Waals surface area contributed by atoms with Crippen LogP contribution in [0.25, 0.3) is 0 Å². The summed E-state index contributed by atoms with van der Waals surface area (Å²) in [7, 11) is 0. The zero-order chi connectivity index (χ0) is 18.2. The summed E-state index contributed by atoms with van der Waals surface area (Å²) in [5, 5.41) is 3.34. The van der Waals surface area contributed by atoms with Crippen molar-refractivity contribution in [2.75, 3.05) is 6.54 Å². The lowest BCUT2D eigenvalue weighted by molar-refractivity contribution is 0.305. The van der Waals surface area contributed by atoms with E-state index in [-0.39, 0.29) is 0 Å². The van der Waals surface area contributed by atoms with Crippen LogP contribution in [0.4, 0.5) is 0 Å². The predicted molar refractivity (Wildman–Crippen MR) is 115 cm³/mol. The minimum absolute atomic E-state index is 0.516. The quantitative estimate of drug-likeness (QED) is 0.502. The van der Waals surface area contributed by atoms with Crippen molar-refractivity contribution in [1.29, 1.82) is 0 Å². The van der Waals surface area contributed by atoms with Gasteiger partial charge in [-0.05, 0) is 35.7 Å². The van der Waals surface area contributed by atoms with Crippen molar-refractivity contribution < 1.29 is 4.74 Å². The summed E-state index contributed by atoms with van der Waals surface area (Å²) in [6, 6.07) is 26.4. The van der Waals surface area contributed by atoms with Gasteiger partial charge in [0.05, 0.1) is 5.56 Å². The topological polar surface area (TPSA) is 21.3 Å². The van der Waals surface area contributed by atoms with E-state index in [1.165, 1.54) is 5.56 Å². The first kappa shape index (κ1) is 18.6. The Hall–Kier alpha value is -2.17. The largest absolute Gasteiger partial charge is 0.488 e. The second kappa shape index (κ2) is 9.51. The molecular formula is C22H20BrNOS. The number of benzene rings is 3. The standard InChI is InChI=1S/C22H20BrNOS/c23-19-11-12-21(25-16-18-9-5-2-6-10-18)20(15-19)22(26)24-14-13-17-7-3-1-4-8-17/h1-12,15H,13-14,16H2,(H,24,26). The van der Waals surface area contributed by atoms with E-state index in [1.54, 1.807) is 0 Å². The highest BCUT2D eigenvalue weighted by atomic mass is 79.9. The Bertz CT molecular complexity index is 853. The summed E-state index contributed by atoms with van der Waals surface area (Å²) in [6.45, 7) is 1.30. The fourth-order valence-corrected chi connectivity index (χ4v) is 3.22. The van der Waals surface area contributed by atoms with Crippen molar-refractivity contribution in [1.82, 2.24) is 5.32 Å². The van der Waals surface area contributed by atoms with Crippen molar-refractivity contribution in [3.63, 3.8) is 0 Å². The molecule has 0 aliphatic carbocycles. The molecule has 3 rings (SSSR count). The first-order valence-corrected chi connectivity index (χ1v) is 9.71. The minimum Gasteiger partial charge on any atom is -0.488 e. The van der Waals surface area contributed by atoms with Crippen LogP contribution >= 0.6 is 28.1 Å². The van der Waals surface area contributed by atoms with Crippen LogP contribution in [-0.4, -0.2) is 11.5 Å². The van der Waals surface area contributed by atoms with Crippen LogP contribution in [0.2, 0.25) is 0 Å². The number of hydrogen-bond acceptors (Lipinski definition) is 2. The lowest BCUT2D eigenvalue weighted by Crippen LogP contribution is -2.25. The van der Waals surface area contributed by atoms with Crippen molar-refractivity contribution in [3.8, 4) is 5.75 Å². The lowest BCUT2D eigenvalue weighted by atomic mass is 10.1. The number of ether oxygens (including phenoxy) is 1. The van der Waals surface area contributed by atoms with Crippen LogP contribution in [0.3, 0.4) is 0 Å². The van der Waals surface area contributed by atoms with Gasteiger partial charge in [0.25, 0.3) is 0 Å². The van der Waals surface area contributed by atoms with Crippen LogP contribution in [0.15, 0.2) is 83.3 Å². The molecule has 3 aromatic carbocycles. The maximum Gasteiger partial charge on any atom is 0.130 e. The van der Waals surface area contributed by atoms with E-state index >= 15 is 0 Å². The third kappa shape index (κ3) is 5.41. The van der Waals surface area contributed by atoms with Crippen LogP contribution < -0.4 is 10.1 Å². The van der Waals surface area contributed by atoms with Crippen molar-refractivity contribution in [2.24, 2.45) is 0 Å². The Morgan fingerprint density at radius 1 is 0.885 bits per heavy atom. The molecule has 0 radical (unpaired) electrons. The van der Waals surface area contributed by atoms with Crippen LogP contribution in [0.1, 0.15) is 16.7 Å². The molecule has 4 heteroatoms. The summed E-state index contributed by atoms with van der Waals surface area (Å²) >= 11 is 9.12. The highest BCUT2D eigenvalue weighted by molar-refractivity contribution is 9.10. The van der Waals surface area contributed by atoms with Gasteiger partial charge in [-0.25, -0.2) is 0 Å². The third-order valence-electron chi connectivity index (χ3n) is 3.97. The summed E-state index contributed by atoms with van der Waals surface area (Å²) < 4.78 is 6.99. The fraction of sp³-hybridized carbons (Fsp3) is 0.136. The summed E-state index contributed by atoms with van der Waals surface area (Å²) in [6.07, 6.45) is 0.926. The molecule has 0 aliphatic heterocycles. The molecule has 0 heterocycles. The van der Waals surface area contributed by atoms with Gasteiger partial charge in [-0.3, -0.25) is 0 Å². The predicted octanol–water partition coefficient (Wildman–Crippen LogP) is 5.54. The zero-order valence-electron chi connectivity index (χ0n) is 14.3. The summed E-state index contributed by atoms with van der Waals surface area (Å²) in [4.78, 5) is 0.699. The zero-order valence-corrected chi connectivity index (χ0v) is 16.7. The molecule has 0 amide bonds.